The molecule has 0 saturated heterocycles. The van der Waals surface area contributed by atoms with Crippen molar-refractivity contribution in [2.24, 2.45) is 5.73 Å². The molecule has 7 heteroatoms. The van der Waals surface area contributed by atoms with Gasteiger partial charge in [0, 0.05) is 40.2 Å². The highest BCUT2D eigenvalue weighted by atomic mass is 35.5. The van der Waals surface area contributed by atoms with Crippen molar-refractivity contribution in [3.05, 3.63) is 118 Å². The zero-order valence-electron chi connectivity index (χ0n) is 19.0. The first-order chi connectivity index (χ1) is 17.1. The van der Waals surface area contributed by atoms with E-state index in [9.17, 15) is 0 Å². The predicted molar refractivity (Wildman–Crippen MR) is 142 cm³/mol. The van der Waals surface area contributed by atoms with Gasteiger partial charge >= 0.3 is 0 Å². The topological polar surface area (TPSA) is 70.3 Å². The van der Waals surface area contributed by atoms with Gasteiger partial charge in [-0.05, 0) is 65.6 Å². The van der Waals surface area contributed by atoms with Crippen molar-refractivity contribution in [2.75, 3.05) is 6.61 Å². The van der Waals surface area contributed by atoms with E-state index in [1.807, 2.05) is 60.7 Å². The molecule has 0 fully saturated rings. The SMILES string of the molecule is N[C@H](COc1cncc(/C=C/c2ccncc2)c1)Cc1ccc(OCc2c(Cl)cccc2Cl)cc1. The van der Waals surface area contributed by atoms with E-state index in [-0.39, 0.29) is 6.04 Å². The van der Waals surface area contributed by atoms with Crippen molar-refractivity contribution in [2.45, 2.75) is 19.1 Å². The van der Waals surface area contributed by atoms with Crippen molar-refractivity contribution >= 4 is 35.4 Å². The molecule has 0 spiro atoms. The number of hydrogen-bond acceptors (Lipinski definition) is 5. The van der Waals surface area contributed by atoms with Crippen LogP contribution in [0.15, 0.2) is 85.5 Å². The van der Waals surface area contributed by atoms with Crippen LogP contribution in [0.3, 0.4) is 0 Å². The smallest absolute Gasteiger partial charge is 0.138 e. The molecule has 0 amide bonds. The standard InChI is InChI=1S/C28H25Cl2N3O2/c29-27-2-1-3-28(30)26(27)19-35-24-8-6-21(7-9-24)14-23(31)18-34-25-15-22(16-33-17-25)5-4-20-10-12-32-13-11-20/h1-13,15-17,23H,14,18-19,31H2/b5-4+/t23-/m0/s1. The van der Waals surface area contributed by atoms with E-state index in [2.05, 4.69) is 9.97 Å². The zero-order chi connectivity index (χ0) is 24.5. The van der Waals surface area contributed by atoms with Crippen molar-refractivity contribution < 1.29 is 9.47 Å². The molecule has 0 unspecified atom stereocenters. The monoisotopic (exact) mass is 505 g/mol. The Labute approximate surface area is 215 Å². The minimum Gasteiger partial charge on any atom is -0.490 e. The normalized spacial score (nSPS) is 12.0. The molecule has 0 aliphatic rings. The van der Waals surface area contributed by atoms with Crippen molar-refractivity contribution in [1.29, 1.82) is 0 Å². The Morgan fingerprint density at radius 2 is 1.51 bits per heavy atom. The summed E-state index contributed by atoms with van der Waals surface area (Å²) in [5.74, 6) is 1.41. The molecular weight excluding hydrogens is 481 g/mol. The van der Waals surface area contributed by atoms with E-state index >= 15 is 0 Å². The summed E-state index contributed by atoms with van der Waals surface area (Å²) >= 11 is 12.4. The van der Waals surface area contributed by atoms with E-state index in [4.69, 9.17) is 38.4 Å². The third kappa shape index (κ3) is 7.55. The van der Waals surface area contributed by atoms with E-state index in [1.54, 1.807) is 36.9 Å². The van der Waals surface area contributed by atoms with Crippen LogP contribution in [0, 0.1) is 0 Å². The number of rotatable bonds is 10. The molecule has 2 aromatic heterocycles. The van der Waals surface area contributed by atoms with Gasteiger partial charge in [0.2, 0.25) is 0 Å². The molecule has 2 heterocycles. The fourth-order valence-corrected chi connectivity index (χ4v) is 3.89. The summed E-state index contributed by atoms with van der Waals surface area (Å²) in [6, 6.07) is 18.9. The highest BCUT2D eigenvalue weighted by Crippen LogP contribution is 2.26. The van der Waals surface area contributed by atoms with Crippen LogP contribution in [-0.2, 0) is 13.0 Å². The Kier molecular flexibility index (Phi) is 8.74. The molecule has 4 aromatic rings. The summed E-state index contributed by atoms with van der Waals surface area (Å²) < 4.78 is 11.7. The molecule has 0 bridgehead atoms. The Balaban J connectivity index is 1.26. The van der Waals surface area contributed by atoms with Gasteiger partial charge in [0.25, 0.3) is 0 Å². The first-order valence-corrected chi connectivity index (χ1v) is 11.9. The predicted octanol–water partition coefficient (Wildman–Crippen LogP) is 6.48. The summed E-state index contributed by atoms with van der Waals surface area (Å²) in [4.78, 5) is 8.28. The molecule has 2 N–H and O–H groups in total. The lowest BCUT2D eigenvalue weighted by Gasteiger charge is -2.14. The molecule has 0 radical (unpaired) electrons. The van der Waals surface area contributed by atoms with Crippen LogP contribution in [0.4, 0.5) is 0 Å². The quantitative estimate of drug-likeness (QED) is 0.267. The lowest BCUT2D eigenvalue weighted by Crippen LogP contribution is -2.30. The Hall–Kier alpha value is -3.38. The summed E-state index contributed by atoms with van der Waals surface area (Å²) in [7, 11) is 0. The van der Waals surface area contributed by atoms with Gasteiger partial charge in [0.15, 0.2) is 0 Å². The summed E-state index contributed by atoms with van der Waals surface area (Å²) in [5, 5.41) is 1.18. The van der Waals surface area contributed by atoms with Crippen LogP contribution in [0.2, 0.25) is 10.0 Å². The van der Waals surface area contributed by atoms with Crippen LogP contribution in [0.1, 0.15) is 22.3 Å². The average Bonchev–Trinajstić information content (AvgIpc) is 2.88. The van der Waals surface area contributed by atoms with Crippen LogP contribution < -0.4 is 15.2 Å². The summed E-state index contributed by atoms with van der Waals surface area (Å²) in [6.45, 7) is 0.679. The van der Waals surface area contributed by atoms with Crippen molar-refractivity contribution in [1.82, 2.24) is 9.97 Å². The maximum Gasteiger partial charge on any atom is 0.138 e. The molecule has 178 valence electrons. The number of hydrogen-bond donors (Lipinski definition) is 1. The highest BCUT2D eigenvalue weighted by molar-refractivity contribution is 6.35. The Morgan fingerprint density at radius 1 is 0.800 bits per heavy atom. The second-order valence-corrected chi connectivity index (χ2v) is 8.79. The fourth-order valence-electron chi connectivity index (χ4n) is 3.39. The molecule has 4 rings (SSSR count). The number of benzene rings is 2. The molecule has 35 heavy (non-hydrogen) atoms. The van der Waals surface area contributed by atoms with Crippen LogP contribution >= 0.6 is 23.2 Å². The van der Waals surface area contributed by atoms with Gasteiger partial charge in [-0.1, -0.05) is 53.6 Å². The van der Waals surface area contributed by atoms with Gasteiger partial charge < -0.3 is 15.2 Å². The van der Waals surface area contributed by atoms with E-state index in [0.29, 0.717) is 35.4 Å². The second-order valence-electron chi connectivity index (χ2n) is 7.98. The van der Waals surface area contributed by atoms with Crippen molar-refractivity contribution in [3.63, 3.8) is 0 Å². The third-order valence-corrected chi connectivity index (χ3v) is 5.95. The maximum absolute atomic E-state index is 6.31. The molecular formula is C28H25Cl2N3O2. The lowest BCUT2D eigenvalue weighted by molar-refractivity contribution is 0.286. The number of pyridine rings is 2. The van der Waals surface area contributed by atoms with Crippen molar-refractivity contribution in [3.8, 4) is 11.5 Å². The van der Waals surface area contributed by atoms with E-state index < -0.39 is 0 Å². The van der Waals surface area contributed by atoms with Gasteiger partial charge in [-0.25, -0.2) is 0 Å². The van der Waals surface area contributed by atoms with Gasteiger partial charge in [0.1, 0.15) is 24.7 Å². The van der Waals surface area contributed by atoms with Gasteiger partial charge in [-0.3, -0.25) is 9.97 Å². The number of ether oxygens (including phenoxy) is 2. The fraction of sp³-hybridized carbons (Fsp3) is 0.143. The number of aromatic nitrogens is 2. The Bertz CT molecular complexity index is 1240. The highest BCUT2D eigenvalue weighted by Gasteiger charge is 2.08. The maximum atomic E-state index is 6.31. The van der Waals surface area contributed by atoms with E-state index in [1.165, 1.54) is 0 Å². The number of halogens is 2. The summed E-state index contributed by atoms with van der Waals surface area (Å²) in [5.41, 5.74) is 10.2. The zero-order valence-corrected chi connectivity index (χ0v) is 20.5. The molecule has 5 nitrogen and oxygen atoms in total. The first-order valence-electron chi connectivity index (χ1n) is 11.1. The van der Waals surface area contributed by atoms with E-state index in [0.717, 1.165) is 28.0 Å². The number of nitrogens with two attached hydrogens (primary N) is 1. The largest absolute Gasteiger partial charge is 0.490 e. The van der Waals surface area contributed by atoms with Gasteiger partial charge in [0.05, 0.1) is 6.20 Å². The number of nitrogens with zero attached hydrogens (tertiary/aromatic N) is 2. The van der Waals surface area contributed by atoms with Gasteiger partial charge in [-0.2, -0.15) is 0 Å². The van der Waals surface area contributed by atoms with Crippen LogP contribution in [-0.4, -0.2) is 22.6 Å². The lowest BCUT2D eigenvalue weighted by atomic mass is 10.1. The minimum atomic E-state index is -0.167. The molecule has 2 aromatic carbocycles. The third-order valence-electron chi connectivity index (χ3n) is 5.24. The molecule has 0 aliphatic carbocycles. The second kappa shape index (κ2) is 12.4. The van der Waals surface area contributed by atoms with Gasteiger partial charge in [-0.15, -0.1) is 0 Å². The first kappa shape index (κ1) is 24.7. The average molecular weight is 506 g/mol. The molecule has 0 saturated carbocycles. The molecule has 0 aliphatic heterocycles. The Morgan fingerprint density at radius 3 is 2.26 bits per heavy atom. The van der Waals surface area contributed by atoms with Crippen LogP contribution in [0.25, 0.3) is 12.2 Å². The minimum absolute atomic E-state index is 0.167. The molecule has 1 atom stereocenters. The van der Waals surface area contributed by atoms with Crippen LogP contribution in [0.5, 0.6) is 11.5 Å². The summed E-state index contributed by atoms with van der Waals surface area (Å²) in [6.07, 6.45) is 11.7.